The Kier molecular flexibility index (Phi) is 3.41. The number of nitrogens with zero attached hydrogens (tertiary/aromatic N) is 2. The number of amides is 1. The fourth-order valence-corrected chi connectivity index (χ4v) is 2.47. The van der Waals surface area contributed by atoms with Crippen LogP contribution < -0.4 is 5.73 Å². The minimum Gasteiger partial charge on any atom is -0.368 e. The molecule has 1 unspecified atom stereocenters. The molecule has 2 aromatic rings. The van der Waals surface area contributed by atoms with Crippen LogP contribution in [0.5, 0.6) is 0 Å². The molecule has 0 fully saturated rings. The quantitative estimate of drug-likeness (QED) is 0.850. The van der Waals surface area contributed by atoms with Crippen LogP contribution in [0.2, 0.25) is 5.02 Å². The molecule has 0 saturated carbocycles. The van der Waals surface area contributed by atoms with Gasteiger partial charge in [0, 0.05) is 6.20 Å². The molecular formula is C11H13ClN4OS. The third kappa shape index (κ3) is 2.13. The van der Waals surface area contributed by atoms with Crippen molar-refractivity contribution >= 4 is 40.9 Å². The average molecular weight is 285 g/mol. The first kappa shape index (κ1) is 13.0. The lowest BCUT2D eigenvalue weighted by Crippen LogP contribution is -2.30. The summed E-state index contributed by atoms with van der Waals surface area (Å²) in [4.78, 5) is 18.8. The minimum atomic E-state index is -0.528. The Labute approximate surface area is 114 Å². The number of carbonyl (C=O) groups is 1. The second kappa shape index (κ2) is 4.70. The first-order valence-corrected chi connectivity index (χ1v) is 6.25. The summed E-state index contributed by atoms with van der Waals surface area (Å²) in [5.41, 5.74) is 6.72. The van der Waals surface area contributed by atoms with E-state index in [4.69, 9.17) is 29.6 Å². The number of hydrogen-bond acceptors (Lipinski definition) is 3. The van der Waals surface area contributed by atoms with Crippen molar-refractivity contribution in [2.24, 2.45) is 11.7 Å². The molecule has 1 atom stereocenters. The van der Waals surface area contributed by atoms with Crippen molar-refractivity contribution < 1.29 is 4.79 Å². The summed E-state index contributed by atoms with van der Waals surface area (Å²) < 4.78 is 2.06. The second-order valence-electron chi connectivity index (χ2n) is 4.42. The summed E-state index contributed by atoms with van der Waals surface area (Å²) >= 11 is 11.1. The summed E-state index contributed by atoms with van der Waals surface area (Å²) in [6.45, 7) is 3.82. The maximum absolute atomic E-state index is 11.6. The molecule has 2 aromatic heterocycles. The van der Waals surface area contributed by atoms with E-state index < -0.39 is 11.9 Å². The fraction of sp³-hybridized carbons (Fsp3) is 0.364. The van der Waals surface area contributed by atoms with Crippen LogP contribution in [0.15, 0.2) is 12.3 Å². The van der Waals surface area contributed by atoms with Gasteiger partial charge in [0.25, 0.3) is 0 Å². The highest BCUT2D eigenvalue weighted by Gasteiger charge is 2.24. The van der Waals surface area contributed by atoms with Crippen LogP contribution in [-0.4, -0.2) is 20.4 Å². The number of rotatable bonds is 3. The van der Waals surface area contributed by atoms with Crippen molar-refractivity contribution in [3.63, 3.8) is 0 Å². The molecule has 18 heavy (non-hydrogen) atoms. The van der Waals surface area contributed by atoms with Crippen LogP contribution in [0.1, 0.15) is 19.9 Å². The monoisotopic (exact) mass is 284 g/mol. The molecule has 5 nitrogen and oxygen atoms in total. The van der Waals surface area contributed by atoms with Crippen molar-refractivity contribution in [2.75, 3.05) is 0 Å². The molecule has 0 spiro atoms. The molecule has 1 amide bonds. The highest BCUT2D eigenvalue weighted by Crippen LogP contribution is 2.24. The van der Waals surface area contributed by atoms with Gasteiger partial charge in [-0.2, -0.15) is 0 Å². The Balaban J connectivity index is 2.73. The first-order chi connectivity index (χ1) is 8.41. The Morgan fingerprint density at radius 1 is 1.61 bits per heavy atom. The van der Waals surface area contributed by atoms with Crippen molar-refractivity contribution in [3.8, 4) is 0 Å². The number of nitrogens with two attached hydrogens (primary N) is 1. The predicted molar refractivity (Wildman–Crippen MR) is 73.0 cm³/mol. The topological polar surface area (TPSA) is 76.7 Å². The molecule has 2 heterocycles. The van der Waals surface area contributed by atoms with E-state index in [0.717, 1.165) is 0 Å². The summed E-state index contributed by atoms with van der Waals surface area (Å²) in [6, 6.07) is 1.19. The predicted octanol–water partition coefficient (Wildman–Crippen LogP) is 2.43. The molecule has 0 aromatic carbocycles. The highest BCUT2D eigenvalue weighted by molar-refractivity contribution is 7.71. The molecule has 0 radical (unpaired) electrons. The van der Waals surface area contributed by atoms with E-state index in [1.54, 1.807) is 10.6 Å². The maximum Gasteiger partial charge on any atom is 0.240 e. The molecule has 7 heteroatoms. The zero-order valence-corrected chi connectivity index (χ0v) is 11.5. The SMILES string of the molecule is CC(C)C(C(N)=O)n1c(=S)[nH]c2cc(Cl)cnc21. The number of fused-ring (bicyclic) bond motifs is 1. The highest BCUT2D eigenvalue weighted by atomic mass is 35.5. The minimum absolute atomic E-state index is 0.0191. The van der Waals surface area contributed by atoms with Crippen molar-refractivity contribution in [2.45, 2.75) is 19.9 Å². The zero-order chi connectivity index (χ0) is 13.4. The van der Waals surface area contributed by atoms with E-state index in [-0.39, 0.29) is 5.92 Å². The molecule has 96 valence electrons. The van der Waals surface area contributed by atoms with Crippen LogP contribution in [0, 0.1) is 10.7 Å². The van der Waals surface area contributed by atoms with Crippen molar-refractivity contribution in [1.82, 2.24) is 14.5 Å². The number of primary amides is 1. The number of carbonyl (C=O) groups excluding carboxylic acids is 1. The van der Waals surface area contributed by atoms with Crippen LogP contribution in [0.4, 0.5) is 0 Å². The van der Waals surface area contributed by atoms with E-state index >= 15 is 0 Å². The number of nitrogens with one attached hydrogen (secondary N) is 1. The lowest BCUT2D eigenvalue weighted by molar-refractivity contribution is -0.122. The van der Waals surface area contributed by atoms with E-state index in [2.05, 4.69) is 9.97 Å². The largest absolute Gasteiger partial charge is 0.368 e. The smallest absolute Gasteiger partial charge is 0.240 e. The molecule has 0 saturated heterocycles. The Hall–Kier alpha value is -1.40. The second-order valence-corrected chi connectivity index (χ2v) is 5.24. The van der Waals surface area contributed by atoms with Gasteiger partial charge < -0.3 is 10.7 Å². The number of imidazole rings is 1. The normalized spacial score (nSPS) is 13.1. The number of aromatic amines is 1. The Morgan fingerprint density at radius 3 is 2.83 bits per heavy atom. The number of halogens is 1. The molecule has 0 aliphatic rings. The lowest BCUT2D eigenvalue weighted by Gasteiger charge is -2.19. The van der Waals surface area contributed by atoms with Gasteiger partial charge in [-0.05, 0) is 24.2 Å². The van der Waals surface area contributed by atoms with Gasteiger partial charge in [0.1, 0.15) is 6.04 Å². The van der Waals surface area contributed by atoms with Crippen LogP contribution >= 0.6 is 23.8 Å². The van der Waals surface area contributed by atoms with Gasteiger partial charge in [-0.15, -0.1) is 0 Å². The summed E-state index contributed by atoms with van der Waals surface area (Å²) in [5, 5.41) is 0.506. The molecular weight excluding hydrogens is 272 g/mol. The Bertz CT molecular complexity index is 661. The summed E-state index contributed by atoms with van der Waals surface area (Å²) in [7, 11) is 0. The molecule has 0 bridgehead atoms. The van der Waals surface area contributed by atoms with Gasteiger partial charge in [0.2, 0.25) is 5.91 Å². The van der Waals surface area contributed by atoms with Gasteiger partial charge in [0.15, 0.2) is 10.4 Å². The van der Waals surface area contributed by atoms with Crippen molar-refractivity contribution in [3.05, 3.63) is 22.1 Å². The molecule has 3 N–H and O–H groups in total. The Morgan fingerprint density at radius 2 is 2.28 bits per heavy atom. The van der Waals surface area contributed by atoms with Gasteiger partial charge in [-0.1, -0.05) is 25.4 Å². The third-order valence-electron chi connectivity index (χ3n) is 2.72. The third-order valence-corrected chi connectivity index (χ3v) is 3.23. The van der Waals surface area contributed by atoms with Crippen LogP contribution in [0.25, 0.3) is 11.2 Å². The van der Waals surface area contributed by atoms with E-state index in [9.17, 15) is 4.79 Å². The standard InChI is InChI=1S/C11H13ClN4OS/c1-5(2)8(9(13)17)16-10-7(15-11(16)18)3-6(12)4-14-10/h3-5,8H,1-2H3,(H2,13,17)(H,15,18). The number of hydrogen-bond donors (Lipinski definition) is 2. The van der Waals surface area contributed by atoms with E-state index in [1.165, 1.54) is 6.20 Å². The zero-order valence-electron chi connectivity index (χ0n) is 9.98. The maximum atomic E-state index is 11.6. The summed E-state index contributed by atoms with van der Waals surface area (Å²) in [5.74, 6) is -0.413. The van der Waals surface area contributed by atoms with E-state index in [0.29, 0.717) is 21.0 Å². The van der Waals surface area contributed by atoms with Crippen LogP contribution in [-0.2, 0) is 4.79 Å². The lowest BCUT2D eigenvalue weighted by atomic mass is 10.0. The molecule has 0 aliphatic heterocycles. The van der Waals surface area contributed by atoms with Gasteiger partial charge in [-0.25, -0.2) is 4.98 Å². The fourth-order valence-electron chi connectivity index (χ4n) is 2.00. The van der Waals surface area contributed by atoms with Crippen LogP contribution in [0.3, 0.4) is 0 Å². The molecule has 0 aliphatic carbocycles. The molecule has 2 rings (SSSR count). The number of aromatic nitrogens is 3. The average Bonchev–Trinajstić information content (AvgIpc) is 2.54. The first-order valence-electron chi connectivity index (χ1n) is 5.47. The van der Waals surface area contributed by atoms with Crippen molar-refractivity contribution in [1.29, 1.82) is 0 Å². The van der Waals surface area contributed by atoms with Gasteiger partial charge >= 0.3 is 0 Å². The van der Waals surface area contributed by atoms with Gasteiger partial charge in [0.05, 0.1) is 10.5 Å². The summed E-state index contributed by atoms with van der Waals surface area (Å²) in [6.07, 6.45) is 1.52. The van der Waals surface area contributed by atoms with Gasteiger partial charge in [-0.3, -0.25) is 9.36 Å². The number of H-pyrrole nitrogens is 1. The van der Waals surface area contributed by atoms with E-state index in [1.807, 2.05) is 13.8 Å². The number of pyridine rings is 1.